The fraction of sp³-hybridized carbons (Fsp3) is 0.853. The molecular formula is C34H55ClN6O5S2. The predicted octanol–water partition coefficient (Wildman–Crippen LogP) is 2.31. The molecule has 9 unspecified atom stereocenters. The Balaban J connectivity index is 1.11. The first-order valence-electron chi connectivity index (χ1n) is 18.0. The summed E-state index contributed by atoms with van der Waals surface area (Å²) in [6, 6.07) is 0.444. The average molecular weight is 727 g/mol. The van der Waals surface area contributed by atoms with E-state index in [1.54, 1.807) is 11.8 Å². The largest absolute Gasteiger partial charge is 0.376 e. The quantitative estimate of drug-likeness (QED) is 0.309. The van der Waals surface area contributed by atoms with Gasteiger partial charge in [0, 0.05) is 46.6 Å². The van der Waals surface area contributed by atoms with E-state index in [-0.39, 0.29) is 46.2 Å². The lowest BCUT2D eigenvalue weighted by atomic mass is 9.70. The zero-order valence-electron chi connectivity index (χ0n) is 29.0. The van der Waals surface area contributed by atoms with Crippen molar-refractivity contribution in [3.63, 3.8) is 0 Å². The van der Waals surface area contributed by atoms with Gasteiger partial charge in [-0.25, -0.2) is 13.4 Å². The van der Waals surface area contributed by atoms with E-state index in [1.165, 1.54) is 12.8 Å². The smallest absolute Gasteiger partial charge is 0.257 e. The van der Waals surface area contributed by atoms with Gasteiger partial charge < -0.3 is 20.3 Å². The number of amides is 1. The minimum absolute atomic E-state index is 0.00931. The summed E-state index contributed by atoms with van der Waals surface area (Å²) in [5, 5.41) is 7.33. The van der Waals surface area contributed by atoms with Crippen LogP contribution in [0.4, 0.5) is 0 Å². The maximum atomic E-state index is 13.9. The lowest BCUT2D eigenvalue weighted by molar-refractivity contribution is -0.123. The molecule has 270 valence electrons. The van der Waals surface area contributed by atoms with Gasteiger partial charge in [0.15, 0.2) is 0 Å². The number of carbonyl (C=O) groups excluding carboxylic acids is 1. The number of aromatic nitrogens is 2. The van der Waals surface area contributed by atoms with Crippen LogP contribution in [0, 0.1) is 30.6 Å². The molecule has 2 aliphatic carbocycles. The second kappa shape index (κ2) is 15.6. The van der Waals surface area contributed by atoms with Crippen LogP contribution in [-0.2, 0) is 38.9 Å². The van der Waals surface area contributed by atoms with Crippen LogP contribution < -0.4 is 20.9 Å². The Labute approximate surface area is 295 Å². The molecule has 9 atom stereocenters. The van der Waals surface area contributed by atoms with Gasteiger partial charge in [-0.3, -0.25) is 18.9 Å². The second-order valence-corrected chi connectivity index (χ2v) is 18.8. The Morgan fingerprint density at radius 1 is 1.17 bits per heavy atom. The van der Waals surface area contributed by atoms with Gasteiger partial charge in [-0.2, -0.15) is 11.8 Å². The first-order valence-corrected chi connectivity index (χ1v) is 21.4. The summed E-state index contributed by atoms with van der Waals surface area (Å²) < 4.78 is 34.3. The number of fused-ring (bicyclic) bond motifs is 2. The number of nitrogens with one attached hydrogen (secondary N) is 3. The third-order valence-electron chi connectivity index (χ3n) is 11.7. The Hall–Kier alpha value is -1.22. The van der Waals surface area contributed by atoms with Crippen molar-refractivity contribution >= 4 is 39.3 Å². The zero-order valence-corrected chi connectivity index (χ0v) is 31.3. The molecule has 48 heavy (non-hydrogen) atoms. The standard InChI is InChI=1S/C34H55ClN6O5S2/c1-20-15-26(32-31(37-20)28(19-47-32)33(42)39-48(4,44)45)25-16-23(35)5-8-30(25)46-14-13-41-21(2)38-29-7-6-24(17-27(29)34(41)43)40(3)18-22-9-11-36-12-10-22/h20,22-26,28,30-32,36-37H,5-19H2,1-4H3,(H,39,42). The highest BCUT2D eigenvalue weighted by molar-refractivity contribution is 8.00. The fourth-order valence-corrected chi connectivity index (χ4v) is 11.9. The van der Waals surface area contributed by atoms with E-state index >= 15 is 0 Å². The number of likely N-dealkylation sites (N-methyl/N-ethyl adjacent to an activating group) is 1. The van der Waals surface area contributed by atoms with Crippen molar-refractivity contribution in [2.24, 2.45) is 23.7 Å². The number of hydrogen-bond acceptors (Lipinski definition) is 10. The molecule has 3 saturated heterocycles. The van der Waals surface area contributed by atoms with Crippen molar-refractivity contribution in [1.82, 2.24) is 29.8 Å². The molecule has 1 saturated carbocycles. The molecule has 1 aromatic rings. The number of piperidine rings is 2. The van der Waals surface area contributed by atoms with E-state index in [4.69, 9.17) is 21.3 Å². The normalized spacial score (nSPS) is 34.5. The Morgan fingerprint density at radius 2 is 1.94 bits per heavy atom. The summed E-state index contributed by atoms with van der Waals surface area (Å²) in [5.74, 6) is 1.71. The van der Waals surface area contributed by atoms with Gasteiger partial charge in [-0.05, 0) is 110 Å². The van der Waals surface area contributed by atoms with Crippen molar-refractivity contribution in [1.29, 1.82) is 0 Å². The Bertz CT molecular complexity index is 1470. The summed E-state index contributed by atoms with van der Waals surface area (Å²) >= 11 is 8.55. The first kappa shape index (κ1) is 36.6. The molecule has 11 nitrogen and oxygen atoms in total. The van der Waals surface area contributed by atoms with Gasteiger partial charge in [0.25, 0.3) is 5.56 Å². The predicted molar refractivity (Wildman–Crippen MR) is 191 cm³/mol. The molecule has 4 fully saturated rings. The number of thioether (sulfide) groups is 1. The third-order valence-corrected chi connectivity index (χ3v) is 14.2. The number of hydrogen-bond donors (Lipinski definition) is 3. The van der Waals surface area contributed by atoms with E-state index in [1.807, 2.05) is 11.5 Å². The molecule has 14 heteroatoms. The average Bonchev–Trinajstić information content (AvgIpc) is 3.46. The monoisotopic (exact) mass is 726 g/mol. The molecular weight excluding hydrogens is 672 g/mol. The molecule has 1 aromatic heterocycles. The number of sulfonamides is 1. The van der Waals surface area contributed by atoms with Crippen molar-refractivity contribution < 1.29 is 17.9 Å². The summed E-state index contributed by atoms with van der Waals surface area (Å²) in [7, 11) is -1.41. The maximum Gasteiger partial charge on any atom is 0.257 e. The van der Waals surface area contributed by atoms with Gasteiger partial charge in [0.05, 0.1) is 37.1 Å². The minimum atomic E-state index is -3.63. The minimum Gasteiger partial charge on any atom is -0.376 e. The molecule has 0 radical (unpaired) electrons. The van der Waals surface area contributed by atoms with Gasteiger partial charge in [0.1, 0.15) is 5.82 Å². The van der Waals surface area contributed by atoms with Crippen LogP contribution >= 0.6 is 23.4 Å². The van der Waals surface area contributed by atoms with E-state index in [9.17, 15) is 18.0 Å². The number of halogens is 1. The third kappa shape index (κ3) is 8.45. The molecule has 3 aliphatic heterocycles. The molecule has 3 N–H and O–H groups in total. The highest BCUT2D eigenvalue weighted by atomic mass is 35.5. The number of carbonyl (C=O) groups is 1. The Morgan fingerprint density at radius 3 is 2.69 bits per heavy atom. The number of alkyl halides is 1. The fourth-order valence-electron chi connectivity index (χ4n) is 9.25. The lowest BCUT2D eigenvalue weighted by Gasteiger charge is -2.47. The molecule has 1 amide bonds. The SMILES string of the molecule is Cc1nc2c(c(=O)n1CCOC1CCC(Cl)CC1C1CC(C)NC3C(C(=O)NS(C)(=O)=O)CSC13)CC(N(C)CC1CCNCC1)CC2. The molecule has 6 rings (SSSR count). The summed E-state index contributed by atoms with van der Waals surface area (Å²) in [6.07, 6.45) is 9.64. The van der Waals surface area contributed by atoms with Gasteiger partial charge in [-0.15, -0.1) is 11.6 Å². The molecule has 0 bridgehead atoms. The van der Waals surface area contributed by atoms with E-state index in [0.29, 0.717) is 30.9 Å². The topological polar surface area (TPSA) is 135 Å². The summed E-state index contributed by atoms with van der Waals surface area (Å²) in [6.45, 7) is 8.24. The highest BCUT2D eigenvalue weighted by Gasteiger charge is 2.52. The van der Waals surface area contributed by atoms with Gasteiger partial charge in [-0.1, -0.05) is 0 Å². The molecule has 4 heterocycles. The highest BCUT2D eigenvalue weighted by Crippen LogP contribution is 2.48. The second-order valence-electron chi connectivity index (χ2n) is 15.2. The summed E-state index contributed by atoms with van der Waals surface area (Å²) in [5.41, 5.74) is 1.92. The number of rotatable bonds is 10. The number of ether oxygens (including phenoxy) is 1. The number of nitrogens with zero attached hydrogens (tertiary/aromatic N) is 3. The van der Waals surface area contributed by atoms with E-state index in [0.717, 1.165) is 87.9 Å². The van der Waals surface area contributed by atoms with Crippen LogP contribution in [0.1, 0.15) is 69.0 Å². The summed E-state index contributed by atoms with van der Waals surface area (Å²) in [4.78, 5) is 34.3. The van der Waals surface area contributed by atoms with Crippen LogP contribution in [0.15, 0.2) is 4.79 Å². The van der Waals surface area contributed by atoms with Crippen molar-refractivity contribution in [2.45, 2.75) is 113 Å². The van der Waals surface area contributed by atoms with Crippen LogP contribution in [0.25, 0.3) is 0 Å². The van der Waals surface area contributed by atoms with Crippen LogP contribution in [0.5, 0.6) is 0 Å². The molecule has 0 spiro atoms. The van der Waals surface area contributed by atoms with E-state index in [2.05, 4.69) is 34.2 Å². The molecule has 0 aromatic carbocycles. The molecule has 5 aliphatic rings. The van der Waals surface area contributed by atoms with Gasteiger partial charge >= 0.3 is 0 Å². The zero-order chi connectivity index (χ0) is 34.2. The van der Waals surface area contributed by atoms with Crippen molar-refractivity contribution in [2.75, 3.05) is 45.3 Å². The maximum absolute atomic E-state index is 13.9. The Kier molecular flexibility index (Phi) is 11.9. The van der Waals surface area contributed by atoms with Crippen LogP contribution in [-0.4, -0.2) is 109 Å². The van der Waals surface area contributed by atoms with Gasteiger partial charge in [0.2, 0.25) is 15.9 Å². The van der Waals surface area contributed by atoms with Crippen LogP contribution in [0.2, 0.25) is 0 Å². The van der Waals surface area contributed by atoms with E-state index < -0.39 is 21.8 Å². The van der Waals surface area contributed by atoms with Crippen molar-refractivity contribution in [3.05, 3.63) is 27.4 Å². The lowest BCUT2D eigenvalue weighted by Crippen LogP contribution is -2.58. The van der Waals surface area contributed by atoms with Crippen molar-refractivity contribution in [3.8, 4) is 0 Å². The first-order chi connectivity index (χ1) is 22.9. The van der Waals surface area contributed by atoms with Crippen LogP contribution in [0.3, 0.4) is 0 Å². The number of aryl methyl sites for hydroxylation is 2.